The summed E-state index contributed by atoms with van der Waals surface area (Å²) in [5, 5.41) is 6.37. The summed E-state index contributed by atoms with van der Waals surface area (Å²) in [6.07, 6.45) is 0. The molecule has 3 aliphatic rings. The minimum Gasteiger partial charge on any atom is -0.468 e. The second kappa shape index (κ2) is 13.8. The minimum atomic E-state index is -0.179. The fourth-order valence-corrected chi connectivity index (χ4v) is 13.2. The van der Waals surface area contributed by atoms with Gasteiger partial charge in [0.2, 0.25) is 0 Å². The van der Waals surface area contributed by atoms with Crippen molar-refractivity contribution in [3.8, 4) is 5.69 Å². The molecule has 0 aliphatic carbocycles. The summed E-state index contributed by atoms with van der Waals surface area (Å²) in [4.78, 5) is 5.33. The van der Waals surface area contributed by atoms with E-state index in [1.54, 1.807) is 0 Å². The van der Waals surface area contributed by atoms with Crippen LogP contribution in [0.25, 0.3) is 58.6 Å². The molecule has 3 aliphatic heterocycles. The Hall–Kier alpha value is -6.24. The second-order valence-corrected chi connectivity index (χ2v) is 27.0. The average molecular weight is 934 g/mol. The highest BCUT2D eigenvalue weighted by Crippen LogP contribution is 2.56. The van der Waals surface area contributed by atoms with E-state index in [-0.39, 0.29) is 33.8 Å². The number of anilines is 6. The molecule has 0 amide bonds. The van der Waals surface area contributed by atoms with Gasteiger partial charge in [-0.05, 0) is 133 Å². The highest BCUT2D eigenvalue weighted by atomic mass is 32.1. The number of hydrogen-bond donors (Lipinski definition) is 0. The fourth-order valence-electron chi connectivity index (χ4n) is 12.0. The second-order valence-electron chi connectivity index (χ2n) is 26.0. The van der Waals surface area contributed by atoms with Crippen LogP contribution in [0.1, 0.15) is 132 Å². The van der Waals surface area contributed by atoms with Gasteiger partial charge < -0.3 is 18.8 Å². The molecule has 0 saturated heterocycles. The number of nitrogens with zero attached hydrogens (tertiary/aromatic N) is 3. The molecule has 6 heteroatoms. The van der Waals surface area contributed by atoms with Gasteiger partial charge in [0.05, 0.1) is 49.8 Å². The van der Waals surface area contributed by atoms with Gasteiger partial charge in [0.1, 0.15) is 5.58 Å². The lowest BCUT2D eigenvalue weighted by Gasteiger charge is -2.46. The van der Waals surface area contributed by atoms with Crippen LogP contribution in [-0.2, 0) is 27.1 Å². The molecule has 6 heterocycles. The number of thiophene rings is 1. The van der Waals surface area contributed by atoms with Crippen molar-refractivity contribution in [3.05, 3.63) is 143 Å². The van der Waals surface area contributed by atoms with Crippen molar-refractivity contribution in [2.24, 2.45) is 0 Å². The molecule has 0 N–H and O–H groups in total. The van der Waals surface area contributed by atoms with Crippen molar-refractivity contribution in [2.45, 2.75) is 131 Å². The van der Waals surface area contributed by atoms with Crippen molar-refractivity contribution in [3.63, 3.8) is 0 Å². The molecule has 13 rings (SSSR count). The van der Waals surface area contributed by atoms with Crippen LogP contribution in [0.5, 0.6) is 0 Å². The topological polar surface area (TPSA) is 24.6 Å². The van der Waals surface area contributed by atoms with E-state index in [0.29, 0.717) is 0 Å². The van der Waals surface area contributed by atoms with Crippen LogP contribution in [0.2, 0.25) is 0 Å². The van der Waals surface area contributed by atoms with E-state index < -0.39 is 0 Å². The third-order valence-electron chi connectivity index (χ3n) is 16.0. The van der Waals surface area contributed by atoms with Gasteiger partial charge in [-0.3, -0.25) is 0 Å². The van der Waals surface area contributed by atoms with Crippen LogP contribution in [0.15, 0.2) is 120 Å². The maximum Gasteiger partial charge on any atom is 0.297 e. The van der Waals surface area contributed by atoms with Crippen LogP contribution in [-0.4, -0.2) is 11.3 Å². The number of aromatic nitrogens is 1. The van der Waals surface area contributed by atoms with Gasteiger partial charge in [-0.25, -0.2) is 0 Å². The first-order valence-corrected chi connectivity index (χ1v) is 26.3. The molecule has 0 atom stereocenters. The van der Waals surface area contributed by atoms with E-state index >= 15 is 0 Å². The van der Waals surface area contributed by atoms with Crippen LogP contribution in [0.3, 0.4) is 0 Å². The number of fused-ring (bicyclic) bond motifs is 14. The Morgan fingerprint density at radius 2 is 0.971 bits per heavy atom. The Morgan fingerprint density at radius 3 is 1.64 bits per heavy atom. The monoisotopic (exact) mass is 933 g/mol. The first-order chi connectivity index (χ1) is 32.9. The highest BCUT2D eigenvalue weighted by molar-refractivity contribution is 7.26. The molecule has 4 nitrogen and oxygen atoms in total. The maximum absolute atomic E-state index is 7.56. The van der Waals surface area contributed by atoms with Crippen molar-refractivity contribution < 1.29 is 4.42 Å². The largest absolute Gasteiger partial charge is 0.468 e. The van der Waals surface area contributed by atoms with Crippen LogP contribution >= 0.6 is 11.3 Å². The maximum atomic E-state index is 7.56. The summed E-state index contributed by atoms with van der Waals surface area (Å²) in [5.41, 5.74) is 21.7. The molecule has 3 aromatic heterocycles. The zero-order valence-corrected chi connectivity index (χ0v) is 44.5. The highest BCUT2D eigenvalue weighted by Gasteiger charge is 2.50. The van der Waals surface area contributed by atoms with Gasteiger partial charge >= 0.3 is 0 Å². The third-order valence-corrected chi connectivity index (χ3v) is 17.2. The Labute approximate surface area is 418 Å². The Morgan fingerprint density at radius 1 is 0.429 bits per heavy atom. The Bertz CT molecular complexity index is 3940. The smallest absolute Gasteiger partial charge is 0.297 e. The molecule has 70 heavy (non-hydrogen) atoms. The lowest BCUT2D eigenvalue weighted by molar-refractivity contribution is 0.589. The molecular weight excluding hydrogens is 870 g/mol. The summed E-state index contributed by atoms with van der Waals surface area (Å²) < 4.78 is 12.8. The number of furan rings is 1. The summed E-state index contributed by atoms with van der Waals surface area (Å²) in [6.45, 7) is 35.2. The van der Waals surface area contributed by atoms with E-state index in [0.717, 1.165) is 22.3 Å². The lowest BCUT2D eigenvalue weighted by Crippen LogP contribution is -2.61. The zero-order chi connectivity index (χ0) is 49.1. The normalized spacial score (nSPS) is 14.7. The number of benzene rings is 7. The average Bonchev–Trinajstić information content (AvgIpc) is 3.96. The predicted octanol–water partition coefficient (Wildman–Crippen LogP) is 16.8. The molecule has 0 saturated carbocycles. The predicted molar refractivity (Wildman–Crippen MR) is 305 cm³/mol. The fraction of sp³-hybridized carbons (Fsp3) is 0.312. The minimum absolute atomic E-state index is 0.00214. The van der Waals surface area contributed by atoms with Gasteiger partial charge in [-0.15, -0.1) is 11.3 Å². The zero-order valence-electron chi connectivity index (χ0n) is 43.7. The van der Waals surface area contributed by atoms with Gasteiger partial charge in [-0.2, -0.15) is 0 Å². The molecule has 350 valence electrons. The van der Waals surface area contributed by atoms with Crippen molar-refractivity contribution in [1.29, 1.82) is 0 Å². The van der Waals surface area contributed by atoms with Crippen LogP contribution in [0.4, 0.5) is 34.1 Å². The van der Waals surface area contributed by atoms with Gasteiger partial charge in [0.15, 0.2) is 0 Å². The van der Waals surface area contributed by atoms with E-state index in [1.165, 1.54) is 115 Å². The standard InChI is InChI=1S/C64H64BN3OS/c1-60(2,3)35-23-25-46-42(27-35)43-29-37(62(7,8)9)33-50-55(43)66(46)51-34-38(63(10,11)12)30-45-57(51)68(50)49-32-39(64(13,14)15)31-48-54(49)65(45)59-56(44-28-36(61(4,5)6)24-26-52(44)69-59)67(48)47-21-18-20-41-40-19-16-17-22-53(40)70-58(41)47/h16-34H,1-15H3. The molecule has 10 aromatic rings. The SMILES string of the molecule is CC(C)(C)c1cc2c3c(c1)N1c4c(cc(C(C)(C)C)cc4-n4c5ccc(C(C)(C)C)cc5c5cc(C(C)(C)C)cc1c54)B3c1oc3ccc(C(C)(C)C)cc3c1N2c1cccc2c1sc1ccccc12. The lowest BCUT2D eigenvalue weighted by atomic mass is 9.35. The number of rotatable bonds is 1. The molecule has 0 fully saturated rings. The molecule has 0 bridgehead atoms. The first kappa shape index (κ1) is 43.8. The molecular formula is C64H64BN3OS. The van der Waals surface area contributed by atoms with E-state index in [4.69, 9.17) is 4.42 Å². The molecule has 0 radical (unpaired) electrons. The summed E-state index contributed by atoms with van der Waals surface area (Å²) in [5.74, 6) is 0. The summed E-state index contributed by atoms with van der Waals surface area (Å²) >= 11 is 1.90. The Balaban J connectivity index is 1.24. The first-order valence-electron chi connectivity index (χ1n) is 25.5. The van der Waals surface area contributed by atoms with Gasteiger partial charge in [-0.1, -0.05) is 152 Å². The third kappa shape index (κ3) is 6.01. The molecule has 0 unspecified atom stereocenters. The van der Waals surface area contributed by atoms with Crippen molar-refractivity contribution in [1.82, 2.24) is 4.57 Å². The molecule has 0 spiro atoms. The van der Waals surface area contributed by atoms with Crippen molar-refractivity contribution in [2.75, 3.05) is 9.80 Å². The van der Waals surface area contributed by atoms with E-state index in [9.17, 15) is 0 Å². The van der Waals surface area contributed by atoms with E-state index in [1.807, 2.05) is 11.3 Å². The Kier molecular flexibility index (Phi) is 8.62. The number of hydrogen-bond acceptors (Lipinski definition) is 4. The molecule has 7 aromatic carbocycles. The van der Waals surface area contributed by atoms with Crippen molar-refractivity contribution >= 4 is 122 Å². The quantitative estimate of drug-likeness (QED) is 0.153. The van der Waals surface area contributed by atoms with Crippen LogP contribution < -0.4 is 26.4 Å². The summed E-state index contributed by atoms with van der Waals surface area (Å²) in [7, 11) is 0. The van der Waals surface area contributed by atoms with E-state index in [2.05, 4.69) is 233 Å². The summed E-state index contributed by atoms with van der Waals surface area (Å²) in [6, 6.07) is 45.3. The van der Waals surface area contributed by atoms with Gasteiger partial charge in [0.25, 0.3) is 6.71 Å². The van der Waals surface area contributed by atoms with Crippen LogP contribution in [0, 0.1) is 0 Å². The van der Waals surface area contributed by atoms with Gasteiger partial charge in [0, 0.05) is 43.0 Å².